The topological polar surface area (TPSA) is 30.7 Å². The summed E-state index contributed by atoms with van der Waals surface area (Å²) in [4.78, 5) is 3.82. The van der Waals surface area contributed by atoms with Gasteiger partial charge in [-0.1, -0.05) is 17.7 Å². The van der Waals surface area contributed by atoms with E-state index in [1.165, 1.54) is 22.1 Å². The zero-order valence-corrected chi connectivity index (χ0v) is 10.1. The Morgan fingerprint density at radius 2 is 2.00 bits per heavy atom. The predicted octanol–water partition coefficient (Wildman–Crippen LogP) is 2.55. The minimum absolute atomic E-state index is 1.02. The summed E-state index contributed by atoms with van der Waals surface area (Å²) < 4.78 is 1.50. The Bertz CT molecular complexity index is 530. The summed E-state index contributed by atoms with van der Waals surface area (Å²) in [7, 11) is 0. The summed E-state index contributed by atoms with van der Waals surface area (Å²) in [5, 5.41) is 3.91. The lowest BCUT2D eigenvalue weighted by molar-refractivity contribution is 0.915. The van der Waals surface area contributed by atoms with Gasteiger partial charge in [0, 0.05) is 11.6 Å². The molecule has 0 aliphatic carbocycles. The normalized spacial score (nSPS) is 8.59. The molecule has 2 aromatic rings. The van der Waals surface area contributed by atoms with E-state index in [0.717, 1.165) is 5.56 Å². The van der Waals surface area contributed by atoms with E-state index in [-0.39, 0.29) is 0 Å². The van der Waals surface area contributed by atoms with E-state index in [9.17, 15) is 0 Å². The molecule has 0 saturated heterocycles. The van der Waals surface area contributed by atoms with Crippen LogP contribution in [0.15, 0.2) is 44.0 Å². The highest BCUT2D eigenvalue weighted by Crippen LogP contribution is 2.08. The van der Waals surface area contributed by atoms with Gasteiger partial charge in [-0.05, 0) is 31.4 Å². The van der Waals surface area contributed by atoms with Crippen LogP contribution in [0.4, 0.5) is 0 Å². The van der Waals surface area contributed by atoms with Crippen LogP contribution in [0.2, 0.25) is 0 Å². The molecule has 1 aromatic heterocycles. The summed E-state index contributed by atoms with van der Waals surface area (Å²) in [6.07, 6.45) is 3.05. The summed E-state index contributed by atoms with van der Waals surface area (Å²) in [5.41, 5.74) is 3.46. The molecule has 0 aliphatic heterocycles. The molecular weight excluding hydrogens is 210 g/mol. The predicted molar refractivity (Wildman–Crippen MR) is 69.5 cm³/mol. The first-order valence-electron chi connectivity index (χ1n) is 5.19. The average Bonchev–Trinajstić information content (AvgIpc) is 2.84. The third-order valence-corrected chi connectivity index (χ3v) is 2.11. The Balaban J connectivity index is 0.000000686. The van der Waals surface area contributed by atoms with Gasteiger partial charge in [-0.25, -0.2) is 4.98 Å². The Labute approximate surface area is 102 Å². The van der Waals surface area contributed by atoms with E-state index in [1.54, 1.807) is 6.33 Å². The fourth-order valence-electron chi connectivity index (χ4n) is 1.34. The molecule has 86 valence electrons. The number of aryl methyl sites for hydroxylation is 2. The molecule has 0 amide bonds. The summed E-state index contributed by atoms with van der Waals surface area (Å²) >= 11 is 0. The van der Waals surface area contributed by atoms with Gasteiger partial charge in [-0.3, -0.25) is 0 Å². The van der Waals surface area contributed by atoms with E-state index >= 15 is 0 Å². The monoisotopic (exact) mass is 225 g/mol. The van der Waals surface area contributed by atoms with Gasteiger partial charge in [0.1, 0.15) is 12.7 Å². The molecule has 0 N–H and O–H groups in total. The number of rotatable bonds is 0. The molecular formula is C14H15N3. The molecule has 0 fully saturated rings. The minimum Gasteiger partial charge on any atom is -0.222 e. The SMILES string of the molecule is C=C.Cc1ccc(C#Cn2cncn2)c(C)c1. The van der Waals surface area contributed by atoms with Crippen LogP contribution in [0, 0.1) is 25.8 Å². The van der Waals surface area contributed by atoms with Crippen LogP contribution in [0.3, 0.4) is 0 Å². The van der Waals surface area contributed by atoms with Crippen molar-refractivity contribution in [3.8, 4) is 12.0 Å². The van der Waals surface area contributed by atoms with E-state index in [0.29, 0.717) is 0 Å². The first kappa shape index (κ1) is 12.7. The van der Waals surface area contributed by atoms with Gasteiger partial charge < -0.3 is 0 Å². The van der Waals surface area contributed by atoms with Crippen LogP contribution in [0.5, 0.6) is 0 Å². The van der Waals surface area contributed by atoms with Gasteiger partial charge in [-0.15, -0.1) is 18.3 Å². The molecule has 0 radical (unpaired) electrons. The Hall–Kier alpha value is -2.34. The molecule has 0 aliphatic rings. The summed E-state index contributed by atoms with van der Waals surface area (Å²) in [5.74, 6) is 3.05. The maximum absolute atomic E-state index is 3.91. The van der Waals surface area contributed by atoms with Gasteiger partial charge >= 0.3 is 0 Å². The molecule has 0 unspecified atom stereocenters. The molecule has 3 nitrogen and oxygen atoms in total. The van der Waals surface area contributed by atoms with E-state index in [1.807, 2.05) is 6.07 Å². The van der Waals surface area contributed by atoms with Crippen molar-refractivity contribution in [1.82, 2.24) is 14.8 Å². The maximum Gasteiger partial charge on any atom is 0.138 e. The second-order valence-corrected chi connectivity index (χ2v) is 3.40. The molecule has 0 spiro atoms. The smallest absolute Gasteiger partial charge is 0.138 e. The Morgan fingerprint density at radius 1 is 1.24 bits per heavy atom. The number of hydrogen-bond acceptors (Lipinski definition) is 2. The highest BCUT2D eigenvalue weighted by molar-refractivity contribution is 5.42. The number of benzene rings is 1. The highest BCUT2D eigenvalue weighted by Gasteiger charge is 1.93. The molecule has 0 bridgehead atoms. The largest absolute Gasteiger partial charge is 0.222 e. The van der Waals surface area contributed by atoms with Crippen molar-refractivity contribution in [3.63, 3.8) is 0 Å². The van der Waals surface area contributed by atoms with Crippen LogP contribution in [0.25, 0.3) is 0 Å². The van der Waals surface area contributed by atoms with Crippen molar-refractivity contribution in [2.24, 2.45) is 0 Å². The lowest BCUT2D eigenvalue weighted by Gasteiger charge is -1.98. The zero-order chi connectivity index (χ0) is 12.7. The molecule has 3 heteroatoms. The summed E-state index contributed by atoms with van der Waals surface area (Å²) in [6.45, 7) is 10.1. The maximum atomic E-state index is 3.91. The number of hydrogen-bond donors (Lipinski definition) is 0. The summed E-state index contributed by atoms with van der Waals surface area (Å²) in [6, 6.07) is 9.09. The van der Waals surface area contributed by atoms with Crippen molar-refractivity contribution in [2.45, 2.75) is 13.8 Å². The fourth-order valence-corrected chi connectivity index (χ4v) is 1.34. The molecule has 0 saturated carbocycles. The van der Waals surface area contributed by atoms with Crippen LogP contribution >= 0.6 is 0 Å². The van der Waals surface area contributed by atoms with E-state index in [4.69, 9.17) is 0 Å². The lowest BCUT2D eigenvalue weighted by atomic mass is 10.1. The zero-order valence-electron chi connectivity index (χ0n) is 10.1. The Kier molecular flexibility index (Phi) is 4.71. The van der Waals surface area contributed by atoms with Crippen molar-refractivity contribution >= 4 is 0 Å². The standard InChI is InChI=1S/C12H11N3.C2H4/c1-10-3-4-12(11(2)7-10)5-6-15-9-13-8-14-15;1-2/h3-4,7-9H,1-2H3;1-2H2. The van der Waals surface area contributed by atoms with Gasteiger partial charge in [0.15, 0.2) is 0 Å². The first-order chi connectivity index (χ1) is 8.25. The van der Waals surface area contributed by atoms with Crippen molar-refractivity contribution in [1.29, 1.82) is 0 Å². The molecule has 17 heavy (non-hydrogen) atoms. The molecule has 1 heterocycles. The average molecular weight is 225 g/mol. The lowest BCUT2D eigenvalue weighted by Crippen LogP contribution is -1.89. The fraction of sp³-hybridized carbons (Fsp3) is 0.143. The van der Waals surface area contributed by atoms with Crippen molar-refractivity contribution in [3.05, 3.63) is 60.7 Å². The second kappa shape index (κ2) is 6.29. The highest BCUT2D eigenvalue weighted by atomic mass is 15.3. The van der Waals surface area contributed by atoms with Crippen LogP contribution < -0.4 is 0 Å². The van der Waals surface area contributed by atoms with Gasteiger partial charge in [0.05, 0.1) is 0 Å². The molecule has 2 rings (SSSR count). The van der Waals surface area contributed by atoms with Gasteiger partial charge in [0.2, 0.25) is 0 Å². The van der Waals surface area contributed by atoms with Crippen LogP contribution in [-0.2, 0) is 0 Å². The van der Waals surface area contributed by atoms with Crippen molar-refractivity contribution < 1.29 is 0 Å². The molecule has 0 atom stereocenters. The minimum atomic E-state index is 1.02. The number of aromatic nitrogens is 3. The van der Waals surface area contributed by atoms with E-state index in [2.05, 4.69) is 61.2 Å². The second-order valence-electron chi connectivity index (χ2n) is 3.40. The van der Waals surface area contributed by atoms with Crippen LogP contribution in [0.1, 0.15) is 16.7 Å². The Morgan fingerprint density at radius 3 is 2.59 bits per heavy atom. The number of nitrogens with zero attached hydrogens (tertiary/aromatic N) is 3. The molecule has 1 aromatic carbocycles. The third-order valence-electron chi connectivity index (χ3n) is 2.11. The van der Waals surface area contributed by atoms with Gasteiger partial charge in [0.25, 0.3) is 0 Å². The third kappa shape index (κ3) is 3.62. The first-order valence-corrected chi connectivity index (χ1v) is 5.19. The van der Waals surface area contributed by atoms with E-state index < -0.39 is 0 Å². The van der Waals surface area contributed by atoms with Crippen molar-refractivity contribution in [2.75, 3.05) is 0 Å². The van der Waals surface area contributed by atoms with Crippen LogP contribution in [-0.4, -0.2) is 14.8 Å². The quantitative estimate of drug-likeness (QED) is 0.509. The van der Waals surface area contributed by atoms with Gasteiger partial charge in [-0.2, -0.15) is 4.68 Å².